The molecule has 0 fully saturated rings. The van der Waals surface area contributed by atoms with E-state index in [9.17, 15) is 17.6 Å². The summed E-state index contributed by atoms with van der Waals surface area (Å²) < 4.78 is 42.4. The van der Waals surface area contributed by atoms with Gasteiger partial charge in [0.25, 0.3) is 10.0 Å². The van der Waals surface area contributed by atoms with Gasteiger partial charge in [0.05, 0.1) is 11.4 Å². The van der Waals surface area contributed by atoms with Crippen LogP contribution in [0.2, 0.25) is 0 Å². The first-order valence-corrected chi connectivity index (χ1v) is 11.7. The van der Waals surface area contributed by atoms with E-state index in [1.807, 2.05) is 0 Å². The molecule has 4 rings (SSSR count). The Morgan fingerprint density at radius 2 is 1.97 bits per heavy atom. The second kappa shape index (κ2) is 8.11. The third-order valence-corrected chi connectivity index (χ3v) is 7.09. The van der Waals surface area contributed by atoms with E-state index in [1.54, 1.807) is 29.8 Å². The van der Waals surface area contributed by atoms with Crippen molar-refractivity contribution >= 4 is 49.5 Å². The molecule has 1 atom stereocenters. The lowest BCUT2D eigenvalue weighted by molar-refractivity contribution is -0.118. The molecule has 2 aromatic carbocycles. The zero-order valence-electron chi connectivity index (χ0n) is 16.0. The van der Waals surface area contributed by atoms with Crippen molar-refractivity contribution in [3.63, 3.8) is 0 Å². The Morgan fingerprint density at radius 3 is 2.67 bits per heavy atom. The maximum atomic E-state index is 13.4. The van der Waals surface area contributed by atoms with Crippen LogP contribution in [0.3, 0.4) is 0 Å². The maximum absolute atomic E-state index is 13.4. The molecular formula is C20H19FN4O3S2. The summed E-state index contributed by atoms with van der Waals surface area (Å²) >= 11 is 1.36. The number of sulfonamides is 1. The largest absolute Gasteiger partial charge is 0.335 e. The van der Waals surface area contributed by atoms with Crippen LogP contribution in [0.15, 0.2) is 64.6 Å². The van der Waals surface area contributed by atoms with Crippen molar-refractivity contribution in [1.29, 1.82) is 0 Å². The van der Waals surface area contributed by atoms with E-state index < -0.39 is 16.1 Å². The highest BCUT2D eigenvalue weighted by atomic mass is 32.2. The molecule has 2 heterocycles. The Bertz CT molecular complexity index is 1240. The van der Waals surface area contributed by atoms with Crippen LogP contribution in [0.1, 0.15) is 13.0 Å². The Balaban J connectivity index is 1.46. The first kappa shape index (κ1) is 20.4. The number of fused-ring (bicyclic) bond motifs is 1. The number of benzene rings is 2. The molecule has 2 N–H and O–H groups in total. The van der Waals surface area contributed by atoms with Crippen molar-refractivity contribution in [3.05, 3.63) is 60.5 Å². The highest BCUT2D eigenvalue weighted by Gasteiger charge is 2.20. The second-order valence-electron chi connectivity index (χ2n) is 6.76. The summed E-state index contributed by atoms with van der Waals surface area (Å²) in [5, 5.41) is 3.88. The lowest BCUT2D eigenvalue weighted by Gasteiger charge is -2.16. The third-order valence-electron chi connectivity index (χ3n) is 4.72. The van der Waals surface area contributed by atoms with E-state index in [-0.39, 0.29) is 16.6 Å². The lowest BCUT2D eigenvalue weighted by atomic mass is 10.2. The number of anilines is 1. The number of aliphatic imine (C=N–C) groups is 1. The molecule has 0 bridgehead atoms. The molecule has 1 unspecified atom stereocenters. The third kappa shape index (κ3) is 4.19. The number of nitrogens with zero attached hydrogens (tertiary/aromatic N) is 2. The summed E-state index contributed by atoms with van der Waals surface area (Å²) in [6.45, 7) is 2.33. The molecule has 0 aliphatic carbocycles. The molecule has 0 radical (unpaired) electrons. The van der Waals surface area contributed by atoms with Gasteiger partial charge in [0, 0.05) is 28.5 Å². The minimum atomic E-state index is -3.72. The molecule has 1 aliphatic heterocycles. The van der Waals surface area contributed by atoms with Gasteiger partial charge in [-0.25, -0.2) is 12.8 Å². The van der Waals surface area contributed by atoms with Crippen LogP contribution >= 0.6 is 11.8 Å². The van der Waals surface area contributed by atoms with Crippen molar-refractivity contribution in [2.24, 2.45) is 4.99 Å². The summed E-state index contributed by atoms with van der Waals surface area (Å²) in [4.78, 5) is 16.8. The number of rotatable bonds is 5. The predicted molar refractivity (Wildman–Crippen MR) is 117 cm³/mol. The number of hydrogen-bond donors (Lipinski definition) is 2. The number of hydrogen-bond acceptors (Lipinski definition) is 5. The van der Waals surface area contributed by atoms with E-state index in [2.05, 4.69) is 15.0 Å². The smallest absolute Gasteiger partial charge is 0.263 e. The quantitative estimate of drug-likeness (QED) is 0.629. The molecule has 1 aromatic heterocycles. The molecule has 156 valence electrons. The van der Waals surface area contributed by atoms with Crippen LogP contribution in [-0.2, 0) is 14.8 Å². The lowest BCUT2D eigenvalue weighted by Crippen LogP contribution is -2.27. The van der Waals surface area contributed by atoms with Gasteiger partial charge in [0.15, 0.2) is 5.17 Å². The molecule has 30 heavy (non-hydrogen) atoms. The van der Waals surface area contributed by atoms with Gasteiger partial charge in [0.2, 0.25) is 5.91 Å². The van der Waals surface area contributed by atoms with Gasteiger partial charge in [-0.1, -0.05) is 11.8 Å². The van der Waals surface area contributed by atoms with Crippen LogP contribution in [-0.4, -0.2) is 36.4 Å². The number of amidine groups is 1. The zero-order chi connectivity index (χ0) is 21.3. The Kier molecular flexibility index (Phi) is 5.52. The summed E-state index contributed by atoms with van der Waals surface area (Å²) in [5.41, 5.74) is 1.22. The van der Waals surface area contributed by atoms with E-state index in [0.717, 1.165) is 11.3 Å². The minimum absolute atomic E-state index is 0.0853. The summed E-state index contributed by atoms with van der Waals surface area (Å²) in [5.74, 6) is 0.148. The fraction of sp³-hybridized carbons (Fsp3) is 0.200. The molecule has 3 aromatic rings. The van der Waals surface area contributed by atoms with Gasteiger partial charge in [-0.2, -0.15) is 0 Å². The van der Waals surface area contributed by atoms with Crippen LogP contribution in [0, 0.1) is 5.82 Å². The van der Waals surface area contributed by atoms with Crippen LogP contribution in [0.25, 0.3) is 10.9 Å². The second-order valence-corrected chi connectivity index (χ2v) is 9.52. The molecule has 1 aliphatic rings. The highest BCUT2D eigenvalue weighted by molar-refractivity contribution is 8.15. The van der Waals surface area contributed by atoms with E-state index in [0.29, 0.717) is 22.8 Å². The normalized spacial score (nSPS) is 15.1. The van der Waals surface area contributed by atoms with Crippen molar-refractivity contribution in [1.82, 2.24) is 9.29 Å². The minimum Gasteiger partial charge on any atom is -0.335 e. The van der Waals surface area contributed by atoms with Gasteiger partial charge >= 0.3 is 0 Å². The Hall–Kier alpha value is -2.85. The number of nitrogens with one attached hydrogen (secondary N) is 2. The molecule has 1 amide bonds. The number of carbonyl (C=O) groups is 1. The van der Waals surface area contributed by atoms with Gasteiger partial charge in [-0.3, -0.25) is 14.5 Å². The highest BCUT2D eigenvalue weighted by Crippen LogP contribution is 2.23. The Labute approximate surface area is 177 Å². The Morgan fingerprint density at radius 1 is 1.20 bits per heavy atom. The predicted octanol–water partition coefficient (Wildman–Crippen LogP) is 3.36. The van der Waals surface area contributed by atoms with Crippen molar-refractivity contribution in [2.45, 2.75) is 17.9 Å². The van der Waals surface area contributed by atoms with Crippen LogP contribution < -0.4 is 10.0 Å². The molecule has 0 saturated carbocycles. The fourth-order valence-electron chi connectivity index (χ4n) is 3.13. The van der Waals surface area contributed by atoms with E-state index in [4.69, 9.17) is 0 Å². The number of carbonyl (C=O) groups excluding carboxylic acids is 1. The van der Waals surface area contributed by atoms with Gasteiger partial charge in [-0.15, -0.1) is 0 Å². The summed E-state index contributed by atoms with van der Waals surface area (Å²) in [6.07, 6.45) is 1.74. The monoisotopic (exact) mass is 446 g/mol. The van der Waals surface area contributed by atoms with Crippen molar-refractivity contribution in [2.75, 3.05) is 17.6 Å². The van der Waals surface area contributed by atoms with Crippen molar-refractivity contribution < 1.29 is 17.6 Å². The molecule has 0 spiro atoms. The van der Waals surface area contributed by atoms with E-state index >= 15 is 0 Å². The average molecular weight is 447 g/mol. The number of thioether (sulfide) groups is 1. The van der Waals surface area contributed by atoms with Gasteiger partial charge < -0.3 is 9.88 Å². The molecule has 7 nitrogen and oxygen atoms in total. The molecule has 10 heteroatoms. The molecule has 0 saturated heterocycles. The summed E-state index contributed by atoms with van der Waals surface area (Å²) in [7, 11) is -3.72. The number of amides is 1. The van der Waals surface area contributed by atoms with Crippen LogP contribution in [0.4, 0.5) is 10.1 Å². The molecular weight excluding hydrogens is 427 g/mol. The van der Waals surface area contributed by atoms with E-state index in [1.165, 1.54) is 48.2 Å². The maximum Gasteiger partial charge on any atom is 0.263 e. The van der Waals surface area contributed by atoms with Gasteiger partial charge in [0.1, 0.15) is 11.9 Å². The van der Waals surface area contributed by atoms with Crippen LogP contribution in [0.5, 0.6) is 0 Å². The SMILES string of the molecule is CC(C(=O)Nc1ccc(S(=O)(=O)NC2=NCCS2)cc1)n1ccc2cc(F)ccc21. The number of halogens is 1. The zero-order valence-corrected chi connectivity index (χ0v) is 17.6. The first-order valence-electron chi connectivity index (χ1n) is 9.20. The fourth-order valence-corrected chi connectivity index (χ4v) is 5.16. The first-order chi connectivity index (χ1) is 14.3. The standard InChI is InChI=1S/C20H19FN4O3S2/c1-13(25-10-8-14-12-15(21)2-7-18(14)25)19(26)23-16-3-5-17(6-4-16)30(27,28)24-20-22-9-11-29-20/h2-8,10,12-13H,9,11H2,1H3,(H,22,24)(H,23,26). The topological polar surface area (TPSA) is 92.6 Å². The van der Waals surface area contributed by atoms with Gasteiger partial charge in [-0.05, 0) is 55.5 Å². The van der Waals surface area contributed by atoms with Crippen molar-refractivity contribution in [3.8, 4) is 0 Å². The number of aromatic nitrogens is 1. The average Bonchev–Trinajstić information content (AvgIpc) is 3.36. The summed E-state index contributed by atoms with van der Waals surface area (Å²) in [6, 6.07) is 11.5.